The van der Waals surface area contributed by atoms with Crippen molar-refractivity contribution in [2.75, 3.05) is 19.8 Å². The zero-order valence-electron chi connectivity index (χ0n) is 11.7. The molecule has 0 aromatic carbocycles. The third-order valence-electron chi connectivity index (χ3n) is 3.97. The average molecular weight is 254 g/mol. The fraction of sp³-hybridized carbons (Fsp3) is 0.929. The Bertz CT molecular complexity index is 277. The lowest BCUT2D eigenvalue weighted by molar-refractivity contribution is -0.130. The van der Waals surface area contributed by atoms with Crippen molar-refractivity contribution in [2.24, 2.45) is 5.92 Å². The Morgan fingerprint density at radius 2 is 2.11 bits per heavy atom. The van der Waals surface area contributed by atoms with E-state index in [9.17, 15) is 4.79 Å². The first kappa shape index (κ1) is 13.8. The molecule has 3 unspecified atom stereocenters. The van der Waals surface area contributed by atoms with Crippen molar-refractivity contribution in [1.82, 2.24) is 10.2 Å². The number of nitrogens with zero attached hydrogens (tertiary/aromatic N) is 1. The summed E-state index contributed by atoms with van der Waals surface area (Å²) in [5.74, 6) is 0.845. The highest BCUT2D eigenvalue weighted by Gasteiger charge is 2.38. The minimum atomic E-state index is 0.0499. The van der Waals surface area contributed by atoms with Crippen LogP contribution in [-0.4, -0.2) is 42.8 Å². The zero-order chi connectivity index (χ0) is 13.0. The third-order valence-corrected chi connectivity index (χ3v) is 3.97. The van der Waals surface area contributed by atoms with E-state index in [1.54, 1.807) is 0 Å². The van der Waals surface area contributed by atoms with Crippen molar-refractivity contribution in [1.29, 1.82) is 0 Å². The fourth-order valence-corrected chi connectivity index (χ4v) is 2.98. The molecule has 0 aliphatic carbocycles. The molecule has 2 heterocycles. The summed E-state index contributed by atoms with van der Waals surface area (Å²) in [6.45, 7) is 6.86. The Balaban J connectivity index is 1.96. The fourth-order valence-electron chi connectivity index (χ4n) is 2.98. The summed E-state index contributed by atoms with van der Waals surface area (Å²) in [5.41, 5.74) is 0. The van der Waals surface area contributed by atoms with Crippen molar-refractivity contribution in [2.45, 2.75) is 58.2 Å². The highest BCUT2D eigenvalue weighted by molar-refractivity contribution is 5.84. The number of carbonyl (C=O) groups is 1. The molecular weight excluding hydrogens is 228 g/mol. The van der Waals surface area contributed by atoms with Gasteiger partial charge in [-0.2, -0.15) is 0 Å². The van der Waals surface area contributed by atoms with E-state index in [1.807, 2.05) is 0 Å². The minimum absolute atomic E-state index is 0.0499. The molecule has 2 aliphatic rings. The second-order valence-electron chi connectivity index (χ2n) is 5.53. The Labute approximate surface area is 110 Å². The summed E-state index contributed by atoms with van der Waals surface area (Å²) in [6, 6.07) is 0.0499. The van der Waals surface area contributed by atoms with Gasteiger partial charge in [-0.15, -0.1) is 0 Å². The van der Waals surface area contributed by atoms with Gasteiger partial charge in [0.1, 0.15) is 0 Å². The first-order chi connectivity index (χ1) is 8.76. The van der Waals surface area contributed by atoms with Gasteiger partial charge in [0, 0.05) is 19.1 Å². The highest BCUT2D eigenvalue weighted by Crippen LogP contribution is 2.22. The van der Waals surface area contributed by atoms with Crippen LogP contribution in [0.5, 0.6) is 0 Å². The SMILES string of the molecule is CCCC1NC(CCC)N(CC2CCOC2)C1=O. The van der Waals surface area contributed by atoms with Gasteiger partial charge in [-0.05, 0) is 19.3 Å². The molecular formula is C14H26N2O2. The summed E-state index contributed by atoms with van der Waals surface area (Å²) in [4.78, 5) is 14.5. The normalized spacial score (nSPS) is 32.4. The number of hydrogen-bond donors (Lipinski definition) is 1. The zero-order valence-corrected chi connectivity index (χ0v) is 11.7. The molecule has 4 heteroatoms. The maximum Gasteiger partial charge on any atom is 0.241 e. The second kappa shape index (κ2) is 6.53. The van der Waals surface area contributed by atoms with Crippen molar-refractivity contribution in [3.63, 3.8) is 0 Å². The van der Waals surface area contributed by atoms with Crippen LogP contribution in [0.1, 0.15) is 46.0 Å². The summed E-state index contributed by atoms with van der Waals surface area (Å²) in [5, 5.41) is 3.50. The number of carbonyl (C=O) groups excluding carboxylic acids is 1. The van der Waals surface area contributed by atoms with E-state index in [0.29, 0.717) is 11.8 Å². The van der Waals surface area contributed by atoms with Crippen LogP contribution in [0.3, 0.4) is 0 Å². The molecule has 2 rings (SSSR count). The predicted molar refractivity (Wildman–Crippen MR) is 71.2 cm³/mol. The van der Waals surface area contributed by atoms with E-state index in [2.05, 4.69) is 24.1 Å². The molecule has 18 heavy (non-hydrogen) atoms. The van der Waals surface area contributed by atoms with Gasteiger partial charge in [0.15, 0.2) is 0 Å². The minimum Gasteiger partial charge on any atom is -0.381 e. The van der Waals surface area contributed by atoms with Crippen LogP contribution in [0, 0.1) is 5.92 Å². The number of amides is 1. The van der Waals surface area contributed by atoms with E-state index >= 15 is 0 Å². The van der Waals surface area contributed by atoms with E-state index in [-0.39, 0.29) is 12.2 Å². The van der Waals surface area contributed by atoms with Crippen LogP contribution in [0.25, 0.3) is 0 Å². The maximum absolute atomic E-state index is 12.4. The molecule has 2 aliphatic heterocycles. The lowest BCUT2D eigenvalue weighted by Crippen LogP contribution is -2.40. The predicted octanol–water partition coefficient (Wildman–Crippen LogP) is 1.75. The molecule has 0 radical (unpaired) electrons. The molecule has 0 bridgehead atoms. The highest BCUT2D eigenvalue weighted by atomic mass is 16.5. The quantitative estimate of drug-likeness (QED) is 0.785. The number of nitrogens with one attached hydrogen (secondary N) is 1. The summed E-state index contributed by atoms with van der Waals surface area (Å²) in [7, 11) is 0. The van der Waals surface area contributed by atoms with Crippen molar-refractivity contribution < 1.29 is 9.53 Å². The van der Waals surface area contributed by atoms with E-state index in [4.69, 9.17) is 4.74 Å². The van der Waals surface area contributed by atoms with Gasteiger partial charge in [-0.1, -0.05) is 26.7 Å². The Hall–Kier alpha value is -0.610. The first-order valence-electron chi connectivity index (χ1n) is 7.40. The molecule has 2 saturated heterocycles. The first-order valence-corrected chi connectivity index (χ1v) is 7.40. The largest absolute Gasteiger partial charge is 0.381 e. The van der Waals surface area contributed by atoms with Crippen molar-refractivity contribution in [3.05, 3.63) is 0 Å². The molecule has 1 N–H and O–H groups in total. The maximum atomic E-state index is 12.4. The topological polar surface area (TPSA) is 41.6 Å². The average Bonchev–Trinajstić information content (AvgIpc) is 2.95. The van der Waals surface area contributed by atoms with Gasteiger partial charge in [0.2, 0.25) is 5.91 Å². The van der Waals surface area contributed by atoms with E-state index in [1.165, 1.54) is 0 Å². The Kier molecular flexibility index (Phi) is 5.01. The summed E-state index contributed by atoms with van der Waals surface area (Å²) < 4.78 is 5.41. The van der Waals surface area contributed by atoms with Gasteiger partial charge < -0.3 is 9.64 Å². The van der Waals surface area contributed by atoms with E-state index in [0.717, 1.165) is 51.9 Å². The molecule has 3 atom stereocenters. The van der Waals surface area contributed by atoms with Crippen LogP contribution in [-0.2, 0) is 9.53 Å². The van der Waals surface area contributed by atoms with Crippen molar-refractivity contribution in [3.8, 4) is 0 Å². The number of rotatable bonds is 6. The molecule has 1 amide bonds. The molecule has 0 aromatic heterocycles. The van der Waals surface area contributed by atoms with E-state index < -0.39 is 0 Å². The van der Waals surface area contributed by atoms with Gasteiger partial charge in [0.25, 0.3) is 0 Å². The Morgan fingerprint density at radius 3 is 2.72 bits per heavy atom. The molecule has 2 fully saturated rings. The van der Waals surface area contributed by atoms with Crippen LogP contribution < -0.4 is 5.32 Å². The monoisotopic (exact) mass is 254 g/mol. The van der Waals surface area contributed by atoms with Crippen molar-refractivity contribution >= 4 is 5.91 Å². The van der Waals surface area contributed by atoms with Gasteiger partial charge >= 0.3 is 0 Å². The Morgan fingerprint density at radius 1 is 1.33 bits per heavy atom. The second-order valence-corrected chi connectivity index (χ2v) is 5.53. The molecule has 4 nitrogen and oxygen atoms in total. The summed E-state index contributed by atoms with van der Waals surface area (Å²) >= 11 is 0. The lowest BCUT2D eigenvalue weighted by Gasteiger charge is -2.26. The molecule has 0 saturated carbocycles. The lowest BCUT2D eigenvalue weighted by atomic mass is 10.1. The molecule has 0 aromatic rings. The smallest absolute Gasteiger partial charge is 0.241 e. The van der Waals surface area contributed by atoms with Gasteiger partial charge in [0.05, 0.1) is 18.8 Å². The van der Waals surface area contributed by atoms with Crippen LogP contribution >= 0.6 is 0 Å². The van der Waals surface area contributed by atoms with Crippen LogP contribution in [0.15, 0.2) is 0 Å². The summed E-state index contributed by atoms with van der Waals surface area (Å²) in [6.07, 6.45) is 5.53. The van der Waals surface area contributed by atoms with Crippen LogP contribution in [0.4, 0.5) is 0 Å². The standard InChI is InChI=1S/C14H26N2O2/c1-3-5-12-14(17)16(13(15-12)6-4-2)9-11-7-8-18-10-11/h11-13,15H,3-10H2,1-2H3. The van der Waals surface area contributed by atoms with Crippen LogP contribution in [0.2, 0.25) is 0 Å². The number of hydrogen-bond acceptors (Lipinski definition) is 3. The molecule has 104 valence electrons. The van der Waals surface area contributed by atoms with Gasteiger partial charge in [-0.25, -0.2) is 0 Å². The molecule has 0 spiro atoms. The number of ether oxygens (including phenoxy) is 1. The third kappa shape index (κ3) is 3.04. The van der Waals surface area contributed by atoms with Gasteiger partial charge in [-0.3, -0.25) is 10.1 Å².